The number of H-pyrrole nitrogens is 2. The van der Waals surface area contributed by atoms with Gasteiger partial charge in [-0.2, -0.15) is 0 Å². The largest absolute Gasteiger partial charge is 0.351 e. The Bertz CT molecular complexity index is 3770. The Morgan fingerprint density at radius 2 is 0.988 bits per heavy atom. The molecule has 10 heterocycles. The van der Waals surface area contributed by atoms with Crippen LogP contribution < -0.4 is 10.6 Å². The zero-order valence-electron chi connectivity index (χ0n) is 47.1. The van der Waals surface area contributed by atoms with Crippen LogP contribution in [-0.2, 0) is 9.59 Å². The molecule has 0 radical (unpaired) electrons. The quantitative estimate of drug-likeness (QED) is 0.0952. The van der Waals surface area contributed by atoms with Crippen molar-refractivity contribution in [1.82, 2.24) is 60.1 Å². The molecule has 4 N–H and O–H groups in total. The highest BCUT2D eigenvalue weighted by molar-refractivity contribution is 6.29. The molecule has 6 aromatic heterocycles. The number of aromatic amines is 2. The number of hydrogen-bond acceptors (Lipinski definition) is 10. The molecule has 0 saturated carbocycles. The minimum atomic E-state index is -0.738. The Hall–Kier alpha value is -8.84. The summed E-state index contributed by atoms with van der Waals surface area (Å²) in [7, 11) is 0. The van der Waals surface area contributed by atoms with Gasteiger partial charge in [0.15, 0.2) is 0 Å². The average Bonchev–Trinajstić information content (AvgIpc) is 4.11. The van der Waals surface area contributed by atoms with Gasteiger partial charge in [0.05, 0.1) is 41.2 Å². The highest BCUT2D eigenvalue weighted by atomic mass is 35.5. The lowest BCUT2D eigenvalue weighted by atomic mass is 9.85. The standard InChI is InChI=1S/C32H33FN6O3.C31H31ClN6O3/c1-18-23(33)10-12-25(35-18)20-9-11-26(34-15-20)30(41)38-16-22-14-21(38)17-39(22)31(42)28(32(2,3)4)37-29(40)27-13-19-7-5-6-8-24(19)36-27;1-31(2,3)27(36-28(39)25-13-18-7-4-5-8-22(18)34-25)30(41)38-17-20-14-21(38)16-37(20)29(40)24-12-11-19(15-33-24)23-9-6-10-26(32)35-23/h5-13,15,21-22,28,36H,14,16-17H2,1-4H3,(H,37,40);4-13,15,20-21,27,34H,14,16-17H2,1-3H3,(H,36,39)/t21-,22-,28+;20-,21-,27+/m00/s1. The van der Waals surface area contributed by atoms with Crippen molar-refractivity contribution in [3.63, 3.8) is 0 Å². The topological polar surface area (TPSA) is 223 Å². The minimum absolute atomic E-state index is 0.0995. The second-order valence-corrected chi connectivity index (χ2v) is 24.4. The summed E-state index contributed by atoms with van der Waals surface area (Å²) < 4.78 is 13.6. The number of aromatic nitrogens is 6. The molecule has 0 spiro atoms. The van der Waals surface area contributed by atoms with Gasteiger partial charge >= 0.3 is 0 Å². The number of hydrogen-bond donors (Lipinski definition) is 4. The molecule has 12 rings (SSSR count). The molecule has 20 heteroatoms. The summed E-state index contributed by atoms with van der Waals surface area (Å²) in [5, 5.41) is 8.21. The second kappa shape index (κ2) is 22.1. The van der Waals surface area contributed by atoms with E-state index in [9.17, 15) is 33.2 Å². The van der Waals surface area contributed by atoms with Gasteiger partial charge in [-0.25, -0.2) is 9.37 Å². The van der Waals surface area contributed by atoms with Crippen molar-refractivity contribution in [2.24, 2.45) is 10.8 Å². The lowest BCUT2D eigenvalue weighted by Crippen LogP contribution is -2.59. The fourth-order valence-corrected chi connectivity index (χ4v) is 11.9. The summed E-state index contributed by atoms with van der Waals surface area (Å²) in [5.41, 5.74) is 5.18. The van der Waals surface area contributed by atoms with Crippen LogP contribution >= 0.6 is 11.6 Å². The molecule has 4 aliphatic rings. The molecule has 426 valence electrons. The van der Waals surface area contributed by atoms with Gasteiger partial charge in [-0.3, -0.25) is 43.7 Å². The van der Waals surface area contributed by atoms with Crippen molar-refractivity contribution in [2.45, 2.75) is 97.6 Å². The number of para-hydroxylation sites is 2. The first kappa shape index (κ1) is 56.0. The summed E-state index contributed by atoms with van der Waals surface area (Å²) >= 11 is 6.00. The Balaban J connectivity index is 0.000000174. The van der Waals surface area contributed by atoms with Crippen LogP contribution in [0.25, 0.3) is 44.3 Å². The zero-order valence-corrected chi connectivity index (χ0v) is 47.9. The number of fused-ring (bicyclic) bond motifs is 6. The number of likely N-dealkylation sites (tertiary alicyclic amines) is 4. The number of benzene rings is 2. The van der Waals surface area contributed by atoms with Crippen molar-refractivity contribution in [3.05, 3.63) is 167 Å². The summed E-state index contributed by atoms with van der Waals surface area (Å²) in [6, 6.07) is 32.2. The smallest absolute Gasteiger partial charge is 0.272 e. The van der Waals surface area contributed by atoms with Crippen molar-refractivity contribution in [2.75, 3.05) is 26.2 Å². The van der Waals surface area contributed by atoms with Crippen LogP contribution in [0.5, 0.6) is 0 Å². The summed E-state index contributed by atoms with van der Waals surface area (Å²) in [6.45, 7) is 14.9. The molecule has 6 atom stereocenters. The monoisotopic (exact) mass is 1140 g/mol. The number of aryl methyl sites for hydroxylation is 1. The molecule has 2 aromatic carbocycles. The Morgan fingerprint density at radius 3 is 1.37 bits per heavy atom. The number of carbonyl (C=O) groups excluding carboxylic acids is 6. The first-order valence-electron chi connectivity index (χ1n) is 27.8. The zero-order chi connectivity index (χ0) is 58.6. The molecule has 4 aliphatic heterocycles. The van der Waals surface area contributed by atoms with E-state index in [1.807, 2.05) is 123 Å². The van der Waals surface area contributed by atoms with Crippen LogP contribution in [0, 0.1) is 23.6 Å². The second-order valence-electron chi connectivity index (χ2n) is 24.0. The van der Waals surface area contributed by atoms with Crippen LogP contribution in [0.15, 0.2) is 128 Å². The van der Waals surface area contributed by atoms with Gasteiger partial charge in [0, 0.05) is 71.5 Å². The van der Waals surface area contributed by atoms with Gasteiger partial charge in [-0.15, -0.1) is 0 Å². The molecular weight excluding hydrogens is 1080 g/mol. The molecular formula is C63H64ClFN12O6. The first-order chi connectivity index (χ1) is 39.6. The maximum atomic E-state index is 13.8. The number of nitrogens with one attached hydrogen (secondary N) is 4. The fraction of sp³-hybridized carbons (Fsp3) is 0.333. The molecule has 4 saturated heterocycles. The lowest BCUT2D eigenvalue weighted by molar-refractivity contribution is -0.138. The van der Waals surface area contributed by atoms with E-state index >= 15 is 0 Å². The fourth-order valence-electron chi connectivity index (χ4n) is 11.7. The normalized spacial score (nSPS) is 19.0. The molecule has 4 fully saturated rings. The van der Waals surface area contributed by atoms with Crippen molar-refractivity contribution in [1.29, 1.82) is 0 Å². The van der Waals surface area contributed by atoms with Gasteiger partial charge in [0.2, 0.25) is 11.8 Å². The SMILES string of the molecule is CC(C)(C)[C@H](NC(=O)c1cc2ccccc2[nH]1)C(=O)N1C[C@@H]2C[C@H]1CN2C(=O)c1ccc(-c2cccc(Cl)n2)cn1.Cc1nc(-c2ccc(C(=O)N3C[C@@H]4C[C@H]3CN4C(=O)[C@@H](NC(=O)c3cc4ccccc4[nH]3)C(C)(C)C)nc2)ccc1F. The maximum absolute atomic E-state index is 13.8. The van der Waals surface area contributed by atoms with E-state index in [1.165, 1.54) is 6.07 Å². The molecule has 83 heavy (non-hydrogen) atoms. The van der Waals surface area contributed by atoms with Crippen molar-refractivity contribution >= 4 is 68.8 Å². The van der Waals surface area contributed by atoms with Gasteiger partial charge in [0.1, 0.15) is 45.8 Å². The summed E-state index contributed by atoms with van der Waals surface area (Å²) in [5.74, 6) is -1.65. The van der Waals surface area contributed by atoms with Crippen LogP contribution in [0.1, 0.15) is 102 Å². The predicted octanol–water partition coefficient (Wildman–Crippen LogP) is 8.89. The number of piperazine rings is 2. The first-order valence-corrected chi connectivity index (χ1v) is 28.1. The molecule has 18 nitrogen and oxygen atoms in total. The number of rotatable bonds is 10. The molecule has 6 amide bonds. The van der Waals surface area contributed by atoms with Crippen LogP contribution in [0.2, 0.25) is 5.15 Å². The van der Waals surface area contributed by atoms with E-state index in [0.717, 1.165) is 27.4 Å². The number of amides is 6. The number of carbonyl (C=O) groups is 6. The molecule has 0 aliphatic carbocycles. The molecule has 0 unspecified atom stereocenters. The Kier molecular flexibility index (Phi) is 15.0. The van der Waals surface area contributed by atoms with E-state index in [2.05, 4.69) is 40.5 Å². The van der Waals surface area contributed by atoms with Crippen molar-refractivity contribution in [3.8, 4) is 22.5 Å². The number of halogens is 2. The minimum Gasteiger partial charge on any atom is -0.351 e. The molecule has 4 bridgehead atoms. The number of pyridine rings is 4. The molecule has 8 aromatic rings. The van der Waals surface area contributed by atoms with Gasteiger partial charge in [-0.05, 0) is 103 Å². The van der Waals surface area contributed by atoms with Gasteiger partial charge in [-0.1, -0.05) is 95.6 Å². The van der Waals surface area contributed by atoms with E-state index < -0.39 is 22.9 Å². The third kappa shape index (κ3) is 11.4. The predicted molar refractivity (Wildman–Crippen MR) is 313 cm³/mol. The average molecular weight is 1140 g/mol. The Morgan fingerprint density at radius 1 is 0.554 bits per heavy atom. The van der Waals surface area contributed by atoms with Crippen LogP contribution in [0.4, 0.5) is 4.39 Å². The highest BCUT2D eigenvalue weighted by Gasteiger charge is 2.52. The number of nitrogens with zero attached hydrogens (tertiary/aromatic N) is 8. The third-order valence-electron chi connectivity index (χ3n) is 16.2. The van der Waals surface area contributed by atoms with Crippen LogP contribution in [-0.4, -0.2) is 147 Å². The van der Waals surface area contributed by atoms with E-state index in [0.29, 0.717) is 89.6 Å². The lowest BCUT2D eigenvalue weighted by Gasteiger charge is -2.39. The van der Waals surface area contributed by atoms with Gasteiger partial charge in [0.25, 0.3) is 23.6 Å². The van der Waals surface area contributed by atoms with Crippen LogP contribution in [0.3, 0.4) is 0 Å². The van der Waals surface area contributed by atoms with E-state index in [-0.39, 0.29) is 65.4 Å². The van der Waals surface area contributed by atoms with Gasteiger partial charge < -0.3 is 40.2 Å². The van der Waals surface area contributed by atoms with E-state index in [4.69, 9.17) is 11.6 Å². The maximum Gasteiger partial charge on any atom is 0.272 e. The van der Waals surface area contributed by atoms with E-state index in [1.54, 1.807) is 66.7 Å². The van der Waals surface area contributed by atoms with Crippen molar-refractivity contribution < 1.29 is 33.2 Å². The Labute approximate surface area is 484 Å². The third-order valence-corrected chi connectivity index (χ3v) is 16.4. The highest BCUT2D eigenvalue weighted by Crippen LogP contribution is 2.37. The summed E-state index contributed by atoms with van der Waals surface area (Å²) in [6.07, 6.45) is 4.58. The summed E-state index contributed by atoms with van der Waals surface area (Å²) in [4.78, 5) is 112.